The first kappa shape index (κ1) is 23.3. The van der Waals surface area contributed by atoms with Crippen LogP contribution >= 0.6 is 0 Å². The van der Waals surface area contributed by atoms with Crippen LogP contribution in [0, 0.1) is 5.82 Å². The van der Waals surface area contributed by atoms with Crippen LogP contribution in [0.2, 0.25) is 0 Å². The first-order chi connectivity index (χ1) is 15.6. The van der Waals surface area contributed by atoms with E-state index in [4.69, 9.17) is 4.99 Å². The SMILES string of the molecule is CCNC(=NCc1ccc(N2CCC(O)CC2)c(F)c1)NC1CCN(C2CCCC2)CC1. The van der Waals surface area contributed by atoms with Gasteiger partial charge in [-0.25, -0.2) is 9.38 Å². The van der Waals surface area contributed by atoms with Crippen LogP contribution in [-0.2, 0) is 6.54 Å². The van der Waals surface area contributed by atoms with E-state index in [1.165, 1.54) is 38.8 Å². The lowest BCUT2D eigenvalue weighted by Crippen LogP contribution is -2.50. The molecule has 32 heavy (non-hydrogen) atoms. The van der Waals surface area contributed by atoms with Crippen LogP contribution in [0.1, 0.15) is 63.9 Å². The summed E-state index contributed by atoms with van der Waals surface area (Å²) < 4.78 is 14.8. The van der Waals surface area contributed by atoms with Crippen molar-refractivity contribution in [3.8, 4) is 0 Å². The zero-order chi connectivity index (χ0) is 22.3. The summed E-state index contributed by atoms with van der Waals surface area (Å²) in [7, 11) is 0. The monoisotopic (exact) mass is 445 g/mol. The number of anilines is 1. The zero-order valence-electron chi connectivity index (χ0n) is 19.5. The summed E-state index contributed by atoms with van der Waals surface area (Å²) >= 11 is 0. The third-order valence-corrected chi connectivity index (χ3v) is 7.29. The molecule has 0 spiro atoms. The molecule has 0 bridgehead atoms. The molecule has 2 aliphatic heterocycles. The summed E-state index contributed by atoms with van der Waals surface area (Å²) in [5, 5.41) is 16.6. The van der Waals surface area contributed by atoms with Crippen LogP contribution in [0.15, 0.2) is 23.2 Å². The number of nitrogens with zero attached hydrogens (tertiary/aromatic N) is 3. The molecule has 2 heterocycles. The van der Waals surface area contributed by atoms with Crippen LogP contribution in [-0.4, -0.2) is 66.9 Å². The Balaban J connectivity index is 1.30. The molecule has 2 saturated heterocycles. The number of aliphatic hydroxyl groups excluding tert-OH is 1. The molecule has 0 atom stereocenters. The molecular formula is C25H40FN5O. The largest absolute Gasteiger partial charge is 0.393 e. The summed E-state index contributed by atoms with van der Waals surface area (Å²) in [5.74, 6) is 0.618. The highest BCUT2D eigenvalue weighted by Gasteiger charge is 2.27. The van der Waals surface area contributed by atoms with Crippen molar-refractivity contribution >= 4 is 11.6 Å². The molecular weight excluding hydrogens is 405 g/mol. The third-order valence-electron chi connectivity index (χ3n) is 7.29. The minimum Gasteiger partial charge on any atom is -0.393 e. The van der Waals surface area contributed by atoms with Gasteiger partial charge in [-0.3, -0.25) is 0 Å². The predicted molar refractivity (Wildman–Crippen MR) is 129 cm³/mol. The second kappa shape index (κ2) is 11.3. The Morgan fingerprint density at radius 2 is 1.78 bits per heavy atom. The highest BCUT2D eigenvalue weighted by atomic mass is 19.1. The second-order valence-electron chi connectivity index (χ2n) is 9.59. The van der Waals surface area contributed by atoms with Crippen LogP contribution in [0.3, 0.4) is 0 Å². The first-order valence-electron chi connectivity index (χ1n) is 12.6. The Morgan fingerprint density at radius 1 is 1.06 bits per heavy atom. The van der Waals surface area contributed by atoms with Gasteiger partial charge in [-0.05, 0) is 63.1 Å². The van der Waals surface area contributed by atoms with Gasteiger partial charge in [-0.1, -0.05) is 18.9 Å². The topological polar surface area (TPSA) is 63.1 Å². The van der Waals surface area contributed by atoms with E-state index in [1.807, 2.05) is 17.0 Å². The Bertz CT molecular complexity index is 751. The molecule has 7 heteroatoms. The molecule has 4 rings (SSSR count). The van der Waals surface area contributed by atoms with E-state index in [1.54, 1.807) is 6.07 Å². The van der Waals surface area contributed by atoms with E-state index in [-0.39, 0.29) is 11.9 Å². The van der Waals surface area contributed by atoms with Crippen molar-refractivity contribution in [1.29, 1.82) is 0 Å². The lowest BCUT2D eigenvalue weighted by Gasteiger charge is -2.36. The second-order valence-corrected chi connectivity index (χ2v) is 9.59. The van der Waals surface area contributed by atoms with Crippen molar-refractivity contribution in [2.75, 3.05) is 37.6 Å². The fraction of sp³-hybridized carbons (Fsp3) is 0.720. The van der Waals surface area contributed by atoms with Gasteiger partial charge in [0.25, 0.3) is 0 Å². The number of aliphatic imine (C=N–C) groups is 1. The standard InChI is InChI=1S/C25H40FN5O/c1-2-27-25(29-20-9-13-30(14-10-20)21-5-3-4-6-21)28-18-19-7-8-24(23(26)17-19)31-15-11-22(32)12-16-31/h7-8,17,20-22,32H,2-6,9-16,18H2,1H3,(H2,27,28,29). The summed E-state index contributed by atoms with van der Waals surface area (Å²) in [6.07, 6.45) is 8.96. The van der Waals surface area contributed by atoms with E-state index in [0.29, 0.717) is 44.2 Å². The van der Waals surface area contributed by atoms with Crippen LogP contribution in [0.5, 0.6) is 0 Å². The highest BCUT2D eigenvalue weighted by molar-refractivity contribution is 5.80. The van der Waals surface area contributed by atoms with Gasteiger partial charge < -0.3 is 25.5 Å². The normalized spacial score (nSPS) is 22.5. The summed E-state index contributed by atoms with van der Waals surface area (Å²) in [4.78, 5) is 9.44. The molecule has 0 amide bonds. The Hall–Kier alpha value is -1.86. The minimum absolute atomic E-state index is 0.202. The number of halogens is 1. The Kier molecular flexibility index (Phi) is 8.25. The maximum atomic E-state index is 14.8. The smallest absolute Gasteiger partial charge is 0.191 e. The van der Waals surface area contributed by atoms with E-state index in [2.05, 4.69) is 22.5 Å². The van der Waals surface area contributed by atoms with E-state index >= 15 is 0 Å². The van der Waals surface area contributed by atoms with E-state index in [0.717, 1.165) is 37.0 Å². The summed E-state index contributed by atoms with van der Waals surface area (Å²) in [6, 6.07) is 6.69. The van der Waals surface area contributed by atoms with Gasteiger partial charge in [0.2, 0.25) is 0 Å². The number of rotatable bonds is 6. The average Bonchev–Trinajstić information content (AvgIpc) is 3.34. The van der Waals surface area contributed by atoms with Gasteiger partial charge in [-0.15, -0.1) is 0 Å². The lowest BCUT2D eigenvalue weighted by molar-refractivity contribution is 0.145. The van der Waals surface area contributed by atoms with Crippen molar-refractivity contribution in [1.82, 2.24) is 15.5 Å². The summed E-state index contributed by atoms with van der Waals surface area (Å²) in [5.41, 5.74) is 1.50. The van der Waals surface area contributed by atoms with E-state index < -0.39 is 0 Å². The number of piperidine rings is 2. The van der Waals surface area contributed by atoms with Gasteiger partial charge in [0.1, 0.15) is 5.82 Å². The molecule has 0 unspecified atom stereocenters. The fourth-order valence-electron chi connectivity index (χ4n) is 5.37. The van der Waals surface area contributed by atoms with Gasteiger partial charge in [-0.2, -0.15) is 0 Å². The molecule has 1 saturated carbocycles. The number of hydrogen-bond donors (Lipinski definition) is 3. The van der Waals surface area contributed by atoms with Crippen LogP contribution in [0.25, 0.3) is 0 Å². The minimum atomic E-state index is -0.255. The van der Waals surface area contributed by atoms with Gasteiger partial charge in [0.15, 0.2) is 5.96 Å². The predicted octanol–water partition coefficient (Wildman–Crippen LogP) is 3.25. The lowest BCUT2D eigenvalue weighted by atomic mass is 10.0. The molecule has 1 aliphatic carbocycles. The molecule has 178 valence electrons. The van der Waals surface area contributed by atoms with Gasteiger partial charge in [0, 0.05) is 44.8 Å². The zero-order valence-corrected chi connectivity index (χ0v) is 19.5. The van der Waals surface area contributed by atoms with Crippen molar-refractivity contribution in [2.24, 2.45) is 4.99 Å². The quantitative estimate of drug-likeness (QED) is 0.464. The van der Waals surface area contributed by atoms with Crippen molar-refractivity contribution < 1.29 is 9.50 Å². The maximum absolute atomic E-state index is 14.8. The number of likely N-dealkylation sites (tertiary alicyclic amines) is 1. The third kappa shape index (κ3) is 6.13. The molecule has 0 aromatic heterocycles. The molecule has 0 radical (unpaired) electrons. The molecule has 1 aromatic carbocycles. The highest BCUT2D eigenvalue weighted by Crippen LogP contribution is 2.26. The summed E-state index contributed by atoms with van der Waals surface area (Å²) in [6.45, 7) is 7.06. The molecule has 3 aliphatic rings. The number of guanidine groups is 1. The van der Waals surface area contributed by atoms with E-state index in [9.17, 15) is 9.50 Å². The molecule has 6 nitrogen and oxygen atoms in total. The Morgan fingerprint density at radius 3 is 2.44 bits per heavy atom. The number of aliphatic hydroxyl groups is 1. The first-order valence-corrected chi connectivity index (χ1v) is 12.6. The number of benzene rings is 1. The fourth-order valence-corrected chi connectivity index (χ4v) is 5.37. The van der Waals surface area contributed by atoms with Crippen LogP contribution in [0.4, 0.5) is 10.1 Å². The molecule has 3 N–H and O–H groups in total. The van der Waals surface area contributed by atoms with Crippen molar-refractivity contribution in [2.45, 2.75) is 83.0 Å². The maximum Gasteiger partial charge on any atom is 0.191 e. The average molecular weight is 446 g/mol. The van der Waals surface area contributed by atoms with Crippen LogP contribution < -0.4 is 15.5 Å². The van der Waals surface area contributed by atoms with Gasteiger partial charge >= 0.3 is 0 Å². The van der Waals surface area contributed by atoms with Crippen molar-refractivity contribution in [3.05, 3.63) is 29.6 Å². The molecule has 1 aromatic rings. The van der Waals surface area contributed by atoms with Gasteiger partial charge in [0.05, 0.1) is 18.3 Å². The number of nitrogens with one attached hydrogen (secondary N) is 2. The Labute approximate surface area is 192 Å². The molecule has 3 fully saturated rings. The number of hydrogen-bond acceptors (Lipinski definition) is 4. The van der Waals surface area contributed by atoms with Crippen molar-refractivity contribution in [3.63, 3.8) is 0 Å².